The zero-order valence-electron chi connectivity index (χ0n) is 18.2. The molecule has 0 aliphatic carbocycles. The third kappa shape index (κ3) is 4.24. The van der Waals surface area contributed by atoms with Crippen molar-refractivity contribution in [2.24, 2.45) is 0 Å². The zero-order chi connectivity index (χ0) is 22.8. The molecule has 2 saturated heterocycles. The number of aliphatic hydroxyl groups is 1. The molecule has 7 heteroatoms. The number of amides is 2. The second-order valence-electron chi connectivity index (χ2n) is 8.50. The number of halogens is 1. The summed E-state index contributed by atoms with van der Waals surface area (Å²) >= 11 is 0. The minimum Gasteiger partial charge on any atom is -0.394 e. The maximum absolute atomic E-state index is 13.2. The van der Waals surface area contributed by atoms with Crippen LogP contribution >= 0.6 is 0 Å². The van der Waals surface area contributed by atoms with Gasteiger partial charge >= 0.3 is 0 Å². The fraction of sp³-hybridized carbons (Fsp3) is 0.360. The Kier molecular flexibility index (Phi) is 6.26. The smallest absolute Gasteiger partial charge is 0.254 e. The van der Waals surface area contributed by atoms with Crippen molar-refractivity contribution >= 4 is 11.8 Å². The van der Waals surface area contributed by atoms with Crippen molar-refractivity contribution < 1.29 is 19.1 Å². The van der Waals surface area contributed by atoms with E-state index < -0.39 is 5.82 Å². The molecule has 4 rings (SSSR count). The van der Waals surface area contributed by atoms with E-state index in [4.69, 9.17) is 0 Å². The van der Waals surface area contributed by atoms with E-state index in [2.05, 4.69) is 11.8 Å². The minimum absolute atomic E-state index is 0.0453. The molecule has 0 saturated carbocycles. The van der Waals surface area contributed by atoms with Crippen LogP contribution in [0, 0.1) is 17.7 Å². The number of piperazine rings is 1. The first-order valence-corrected chi connectivity index (χ1v) is 10.6. The summed E-state index contributed by atoms with van der Waals surface area (Å²) in [5.41, 5.74) is 2.26. The first kappa shape index (κ1) is 22.0. The maximum Gasteiger partial charge on any atom is 0.254 e. The lowest BCUT2D eigenvalue weighted by Gasteiger charge is -2.58. The van der Waals surface area contributed by atoms with E-state index in [-0.39, 0.29) is 43.0 Å². The summed E-state index contributed by atoms with van der Waals surface area (Å²) in [6.07, 6.45) is 0. The lowest BCUT2D eigenvalue weighted by molar-refractivity contribution is -0.159. The first-order chi connectivity index (χ1) is 15.4. The van der Waals surface area contributed by atoms with Crippen molar-refractivity contribution in [1.29, 1.82) is 0 Å². The largest absolute Gasteiger partial charge is 0.394 e. The zero-order valence-corrected chi connectivity index (χ0v) is 18.2. The normalized spacial score (nSPS) is 22.2. The fourth-order valence-electron chi connectivity index (χ4n) is 4.52. The molecule has 0 aromatic heterocycles. The number of hydrogen-bond donors (Lipinski definition) is 1. The van der Waals surface area contributed by atoms with Gasteiger partial charge in [0.05, 0.1) is 25.2 Å². The highest BCUT2D eigenvalue weighted by Gasteiger charge is 2.54. The topological polar surface area (TPSA) is 64.1 Å². The van der Waals surface area contributed by atoms with Gasteiger partial charge < -0.3 is 14.9 Å². The fourth-order valence-corrected chi connectivity index (χ4v) is 4.52. The number of benzene rings is 2. The molecule has 3 atom stereocenters. The molecule has 0 radical (unpaired) electrons. The summed E-state index contributed by atoms with van der Waals surface area (Å²) in [6, 6.07) is 12.7. The lowest BCUT2D eigenvalue weighted by Crippen LogP contribution is -2.73. The van der Waals surface area contributed by atoms with Crippen LogP contribution in [0.1, 0.15) is 27.4 Å². The molecule has 1 N–H and O–H groups in total. The summed E-state index contributed by atoms with van der Waals surface area (Å²) in [4.78, 5) is 30.9. The molecule has 2 aromatic carbocycles. The number of hydrogen-bond acceptors (Lipinski definition) is 4. The van der Waals surface area contributed by atoms with Crippen LogP contribution in [0.2, 0.25) is 0 Å². The number of fused-ring (bicyclic) bond motifs is 1. The second-order valence-corrected chi connectivity index (χ2v) is 8.50. The highest BCUT2D eigenvalue weighted by atomic mass is 19.1. The van der Waals surface area contributed by atoms with Crippen molar-refractivity contribution in [3.63, 3.8) is 0 Å². The van der Waals surface area contributed by atoms with Gasteiger partial charge in [-0.05, 0) is 56.1 Å². The monoisotopic (exact) mass is 435 g/mol. The van der Waals surface area contributed by atoms with Crippen LogP contribution < -0.4 is 0 Å². The second kappa shape index (κ2) is 9.11. The van der Waals surface area contributed by atoms with Gasteiger partial charge in [-0.15, -0.1) is 0 Å². The molecule has 6 nitrogen and oxygen atoms in total. The Labute approximate surface area is 187 Å². The lowest BCUT2D eigenvalue weighted by atomic mass is 9.73. The van der Waals surface area contributed by atoms with Gasteiger partial charge in [-0.2, -0.15) is 0 Å². The van der Waals surface area contributed by atoms with E-state index in [1.807, 2.05) is 43.3 Å². The van der Waals surface area contributed by atoms with E-state index in [1.165, 1.54) is 29.2 Å². The number of aliphatic hydroxyl groups excluding tert-OH is 1. The highest BCUT2D eigenvalue weighted by molar-refractivity contribution is 5.97. The Morgan fingerprint density at radius 3 is 2.47 bits per heavy atom. The summed E-state index contributed by atoms with van der Waals surface area (Å²) in [7, 11) is 3.93. The summed E-state index contributed by atoms with van der Waals surface area (Å²) < 4.78 is 13.2. The number of rotatable bonds is 4. The average molecular weight is 435 g/mol. The van der Waals surface area contributed by atoms with E-state index in [1.54, 1.807) is 4.90 Å². The average Bonchev–Trinajstić information content (AvgIpc) is 2.76. The van der Waals surface area contributed by atoms with Gasteiger partial charge in [0.2, 0.25) is 5.91 Å². The Bertz CT molecular complexity index is 1060. The molecule has 2 amide bonds. The molecule has 32 heavy (non-hydrogen) atoms. The number of carbonyl (C=O) groups is 2. The predicted molar refractivity (Wildman–Crippen MR) is 118 cm³/mol. The van der Waals surface area contributed by atoms with Gasteiger partial charge in [0.15, 0.2) is 0 Å². The van der Waals surface area contributed by atoms with Crippen LogP contribution in [0.4, 0.5) is 4.39 Å². The molecule has 166 valence electrons. The number of nitrogens with zero attached hydrogens (tertiary/aromatic N) is 3. The molecular formula is C25H26FN3O3. The SMILES string of the molecule is CN(C)CC#Cc1ccc([C@H]2[C@H](CO)N3C(=O)CN(C(=O)c4ccc(F)cc4)C[C@@H]23)cc1. The van der Waals surface area contributed by atoms with Gasteiger partial charge in [0.25, 0.3) is 5.91 Å². The molecule has 2 aliphatic rings. The van der Waals surface area contributed by atoms with Crippen LogP contribution in [0.3, 0.4) is 0 Å². The molecule has 2 fully saturated rings. The van der Waals surface area contributed by atoms with E-state index >= 15 is 0 Å². The standard InChI is InChI=1S/C25H26FN3O3/c1-27(2)13-3-4-17-5-7-18(8-6-17)24-21-14-28(15-23(31)29(21)22(24)16-30)25(32)19-9-11-20(26)12-10-19/h5-12,21-22,24,30H,13-16H2,1-2H3/t21-,22-,24+/m0/s1. The maximum atomic E-state index is 13.2. The van der Waals surface area contributed by atoms with Crippen LogP contribution in [0.5, 0.6) is 0 Å². The molecule has 2 heterocycles. The Morgan fingerprint density at radius 2 is 1.84 bits per heavy atom. The quantitative estimate of drug-likeness (QED) is 0.741. The molecule has 0 unspecified atom stereocenters. The van der Waals surface area contributed by atoms with Crippen molar-refractivity contribution in [3.05, 3.63) is 71.0 Å². The van der Waals surface area contributed by atoms with Gasteiger partial charge in [0, 0.05) is 23.6 Å². The Balaban J connectivity index is 1.52. The van der Waals surface area contributed by atoms with Gasteiger partial charge in [-0.25, -0.2) is 4.39 Å². The van der Waals surface area contributed by atoms with Crippen molar-refractivity contribution in [1.82, 2.24) is 14.7 Å². The number of carbonyl (C=O) groups excluding carboxylic acids is 2. The van der Waals surface area contributed by atoms with Crippen LogP contribution in [-0.4, -0.2) is 84.0 Å². The van der Waals surface area contributed by atoms with E-state index in [0.717, 1.165) is 11.1 Å². The first-order valence-electron chi connectivity index (χ1n) is 10.6. The van der Waals surface area contributed by atoms with Gasteiger partial charge in [0.1, 0.15) is 12.4 Å². The minimum atomic E-state index is -0.415. The summed E-state index contributed by atoms with van der Waals surface area (Å²) in [6.45, 7) is 0.862. The molecule has 0 bridgehead atoms. The van der Waals surface area contributed by atoms with E-state index in [0.29, 0.717) is 18.7 Å². The van der Waals surface area contributed by atoms with Crippen LogP contribution in [0.25, 0.3) is 0 Å². The van der Waals surface area contributed by atoms with Crippen molar-refractivity contribution in [3.8, 4) is 11.8 Å². The molecule has 2 aromatic rings. The van der Waals surface area contributed by atoms with Gasteiger partial charge in [-0.1, -0.05) is 24.0 Å². The predicted octanol–water partition coefficient (Wildman–Crippen LogP) is 1.55. The highest BCUT2D eigenvalue weighted by Crippen LogP contribution is 2.43. The van der Waals surface area contributed by atoms with Gasteiger partial charge in [-0.3, -0.25) is 14.5 Å². The third-order valence-corrected chi connectivity index (χ3v) is 6.05. The third-order valence-electron chi connectivity index (χ3n) is 6.05. The Hall–Kier alpha value is -3.21. The summed E-state index contributed by atoms with van der Waals surface area (Å²) in [5.74, 6) is 5.26. The molecule has 0 spiro atoms. The molecule has 2 aliphatic heterocycles. The summed E-state index contributed by atoms with van der Waals surface area (Å²) in [5, 5.41) is 9.94. The van der Waals surface area contributed by atoms with Crippen molar-refractivity contribution in [2.45, 2.75) is 18.0 Å². The van der Waals surface area contributed by atoms with E-state index in [9.17, 15) is 19.1 Å². The van der Waals surface area contributed by atoms with Crippen LogP contribution in [-0.2, 0) is 4.79 Å². The molecular weight excluding hydrogens is 409 g/mol. The van der Waals surface area contributed by atoms with Crippen molar-refractivity contribution in [2.75, 3.05) is 40.3 Å². The Morgan fingerprint density at radius 1 is 1.16 bits per heavy atom. The van der Waals surface area contributed by atoms with Crippen LogP contribution in [0.15, 0.2) is 48.5 Å².